The molecule has 0 aliphatic heterocycles. The Kier molecular flexibility index (Phi) is 44.0. The van der Waals surface area contributed by atoms with E-state index in [1.165, 1.54) is 89.9 Å². The van der Waals surface area contributed by atoms with Gasteiger partial charge in [-0.3, -0.25) is 14.4 Å². The minimum absolute atomic E-state index is 0.101. The number of allylic oxidation sites excluding steroid dienone is 12. The molecule has 0 aromatic rings. The monoisotopic (exact) mass is 809 g/mol. The molecule has 6 nitrogen and oxygen atoms in total. The van der Waals surface area contributed by atoms with Crippen LogP contribution in [0, 0.1) is 0 Å². The van der Waals surface area contributed by atoms with Crippen LogP contribution in [0.1, 0.15) is 220 Å². The fourth-order valence-electron chi connectivity index (χ4n) is 6.32. The molecule has 1 unspecified atom stereocenters. The first kappa shape index (κ1) is 54.9. The van der Waals surface area contributed by atoms with Gasteiger partial charge in [0.1, 0.15) is 13.2 Å². The molecule has 0 aliphatic rings. The van der Waals surface area contributed by atoms with Crippen LogP contribution in [0.15, 0.2) is 72.9 Å². The normalized spacial score (nSPS) is 12.7. The van der Waals surface area contributed by atoms with Gasteiger partial charge in [0.2, 0.25) is 0 Å². The van der Waals surface area contributed by atoms with Crippen molar-refractivity contribution < 1.29 is 28.6 Å². The van der Waals surface area contributed by atoms with Crippen molar-refractivity contribution in [1.82, 2.24) is 0 Å². The smallest absolute Gasteiger partial charge is 0.306 e. The molecule has 0 bridgehead atoms. The number of carbonyl (C=O) groups is 3. The summed E-state index contributed by atoms with van der Waals surface area (Å²) in [7, 11) is 0. The lowest BCUT2D eigenvalue weighted by Gasteiger charge is -2.18. The van der Waals surface area contributed by atoms with Crippen molar-refractivity contribution in [2.75, 3.05) is 13.2 Å². The summed E-state index contributed by atoms with van der Waals surface area (Å²) in [4.78, 5) is 37.7. The van der Waals surface area contributed by atoms with Crippen LogP contribution >= 0.6 is 0 Å². The van der Waals surface area contributed by atoms with Crippen molar-refractivity contribution in [2.45, 2.75) is 226 Å². The zero-order chi connectivity index (χ0) is 42.3. The molecular weight excluding hydrogens is 721 g/mol. The van der Waals surface area contributed by atoms with Crippen molar-refractivity contribution >= 4 is 17.9 Å². The van der Waals surface area contributed by atoms with Crippen LogP contribution in [0.5, 0.6) is 0 Å². The first-order chi connectivity index (χ1) is 28.5. The number of rotatable bonds is 42. The first-order valence-electron chi connectivity index (χ1n) is 24.0. The Morgan fingerprint density at radius 1 is 0.379 bits per heavy atom. The van der Waals surface area contributed by atoms with Gasteiger partial charge in [0.15, 0.2) is 6.10 Å². The zero-order valence-corrected chi connectivity index (χ0v) is 37.8. The van der Waals surface area contributed by atoms with Gasteiger partial charge in [-0.05, 0) is 89.9 Å². The van der Waals surface area contributed by atoms with E-state index in [0.717, 1.165) is 83.5 Å². The SMILES string of the molecule is CC/C=C\C/C=C\C/C=C\CCCC(=O)OC(COC(=O)CCCCCC/C=C\CCCC)COC(=O)CCCCCCCCCCCC/C=C\C=C/CCCCC. The van der Waals surface area contributed by atoms with E-state index in [2.05, 4.69) is 93.7 Å². The second kappa shape index (κ2) is 46.5. The molecule has 0 N–H and O–H groups in total. The van der Waals surface area contributed by atoms with E-state index in [9.17, 15) is 14.4 Å². The van der Waals surface area contributed by atoms with E-state index in [0.29, 0.717) is 19.3 Å². The van der Waals surface area contributed by atoms with Crippen LogP contribution in [0.25, 0.3) is 0 Å². The predicted octanol–water partition coefficient (Wildman–Crippen LogP) is 15.5. The molecule has 0 saturated heterocycles. The number of carbonyl (C=O) groups excluding carboxylic acids is 3. The molecule has 0 spiro atoms. The molecule has 332 valence electrons. The van der Waals surface area contributed by atoms with Gasteiger partial charge in [0, 0.05) is 19.3 Å². The maximum absolute atomic E-state index is 12.7. The molecule has 0 fully saturated rings. The Labute approximate surface area is 357 Å². The summed E-state index contributed by atoms with van der Waals surface area (Å²) < 4.78 is 16.6. The standard InChI is InChI=1S/C52H88O6/c1-4-7-10-13-16-19-22-23-24-25-26-27-28-29-31-33-36-39-42-45-51(54)57-48-49(47-56-50(53)44-41-38-35-32-21-18-15-12-9-6-3)58-52(55)46-43-40-37-34-30-20-17-14-11-8-5-2/h8,11,15-20,22-23,34,37,49H,4-7,9-10,12-14,21,24-33,35-36,38-48H2,1-3H3/b11-8-,18-15-,19-16-,20-17-,23-22-,37-34-. The summed E-state index contributed by atoms with van der Waals surface area (Å²) in [6.07, 6.45) is 57.6. The van der Waals surface area contributed by atoms with E-state index in [1.807, 2.05) is 0 Å². The number of esters is 3. The van der Waals surface area contributed by atoms with Crippen LogP contribution < -0.4 is 0 Å². The lowest BCUT2D eigenvalue weighted by atomic mass is 10.1. The van der Waals surface area contributed by atoms with Gasteiger partial charge in [-0.15, -0.1) is 0 Å². The van der Waals surface area contributed by atoms with E-state index in [-0.39, 0.29) is 37.5 Å². The van der Waals surface area contributed by atoms with Crippen molar-refractivity contribution in [3.8, 4) is 0 Å². The third-order valence-corrected chi connectivity index (χ3v) is 9.94. The average molecular weight is 809 g/mol. The quantitative estimate of drug-likeness (QED) is 0.0201. The van der Waals surface area contributed by atoms with Crippen molar-refractivity contribution in [3.05, 3.63) is 72.9 Å². The van der Waals surface area contributed by atoms with Gasteiger partial charge in [0.05, 0.1) is 0 Å². The summed E-state index contributed by atoms with van der Waals surface area (Å²) >= 11 is 0. The molecule has 0 heterocycles. The molecule has 6 heteroatoms. The highest BCUT2D eigenvalue weighted by molar-refractivity contribution is 5.71. The lowest BCUT2D eigenvalue weighted by molar-refractivity contribution is -0.167. The van der Waals surface area contributed by atoms with Crippen molar-refractivity contribution in [2.24, 2.45) is 0 Å². The fourth-order valence-corrected chi connectivity index (χ4v) is 6.32. The molecule has 0 saturated carbocycles. The van der Waals surface area contributed by atoms with Crippen LogP contribution in [0.3, 0.4) is 0 Å². The van der Waals surface area contributed by atoms with Gasteiger partial charge < -0.3 is 14.2 Å². The Bertz CT molecular complexity index is 1110. The summed E-state index contributed by atoms with van der Waals surface area (Å²) in [6, 6.07) is 0. The molecule has 0 aromatic heterocycles. The summed E-state index contributed by atoms with van der Waals surface area (Å²) in [5.41, 5.74) is 0. The molecule has 0 aliphatic carbocycles. The van der Waals surface area contributed by atoms with Gasteiger partial charge in [-0.25, -0.2) is 0 Å². The predicted molar refractivity (Wildman–Crippen MR) is 247 cm³/mol. The Morgan fingerprint density at radius 2 is 0.759 bits per heavy atom. The van der Waals surface area contributed by atoms with E-state index in [4.69, 9.17) is 14.2 Å². The molecule has 0 aromatic carbocycles. The Balaban J connectivity index is 4.35. The van der Waals surface area contributed by atoms with Crippen LogP contribution in [0.2, 0.25) is 0 Å². The van der Waals surface area contributed by atoms with Crippen molar-refractivity contribution in [1.29, 1.82) is 0 Å². The number of unbranched alkanes of at least 4 members (excludes halogenated alkanes) is 20. The zero-order valence-electron chi connectivity index (χ0n) is 37.8. The van der Waals surface area contributed by atoms with Gasteiger partial charge >= 0.3 is 17.9 Å². The highest BCUT2D eigenvalue weighted by Gasteiger charge is 2.19. The molecular formula is C52H88O6. The fraction of sp³-hybridized carbons (Fsp3) is 0.712. The van der Waals surface area contributed by atoms with Crippen LogP contribution in [0.4, 0.5) is 0 Å². The summed E-state index contributed by atoms with van der Waals surface area (Å²) in [5, 5.41) is 0. The molecule has 0 radical (unpaired) electrons. The highest BCUT2D eigenvalue weighted by atomic mass is 16.6. The van der Waals surface area contributed by atoms with Crippen LogP contribution in [-0.2, 0) is 28.6 Å². The number of hydrogen-bond acceptors (Lipinski definition) is 6. The molecule has 0 rings (SSSR count). The summed E-state index contributed by atoms with van der Waals surface area (Å²) in [6.45, 7) is 6.37. The second-order valence-electron chi connectivity index (χ2n) is 15.7. The Hall–Kier alpha value is -3.15. The largest absolute Gasteiger partial charge is 0.462 e. The number of ether oxygens (including phenoxy) is 3. The van der Waals surface area contributed by atoms with E-state index < -0.39 is 6.10 Å². The Morgan fingerprint density at radius 3 is 1.28 bits per heavy atom. The maximum atomic E-state index is 12.7. The van der Waals surface area contributed by atoms with E-state index in [1.54, 1.807) is 0 Å². The lowest BCUT2D eigenvalue weighted by Crippen LogP contribution is -2.30. The topological polar surface area (TPSA) is 78.9 Å². The molecule has 58 heavy (non-hydrogen) atoms. The summed E-state index contributed by atoms with van der Waals surface area (Å²) in [5.74, 6) is -0.978. The van der Waals surface area contributed by atoms with E-state index >= 15 is 0 Å². The highest BCUT2D eigenvalue weighted by Crippen LogP contribution is 2.14. The first-order valence-corrected chi connectivity index (χ1v) is 24.0. The minimum Gasteiger partial charge on any atom is -0.462 e. The van der Waals surface area contributed by atoms with Gasteiger partial charge in [-0.2, -0.15) is 0 Å². The second-order valence-corrected chi connectivity index (χ2v) is 15.7. The maximum Gasteiger partial charge on any atom is 0.306 e. The molecule has 1 atom stereocenters. The number of hydrogen-bond donors (Lipinski definition) is 0. The van der Waals surface area contributed by atoms with Crippen molar-refractivity contribution in [3.63, 3.8) is 0 Å². The third-order valence-electron chi connectivity index (χ3n) is 9.94. The van der Waals surface area contributed by atoms with Gasteiger partial charge in [0.25, 0.3) is 0 Å². The minimum atomic E-state index is -0.805. The molecule has 0 amide bonds. The average Bonchev–Trinajstić information content (AvgIpc) is 3.22. The van der Waals surface area contributed by atoms with Gasteiger partial charge in [-0.1, -0.05) is 184 Å². The third kappa shape index (κ3) is 44.0. The van der Waals surface area contributed by atoms with Crippen LogP contribution in [-0.4, -0.2) is 37.2 Å².